The van der Waals surface area contributed by atoms with Gasteiger partial charge in [-0.3, -0.25) is 0 Å². The maximum atomic E-state index is 18.3. The molecule has 0 bridgehead atoms. The van der Waals surface area contributed by atoms with Crippen LogP contribution < -0.4 is 78.4 Å². The van der Waals surface area contributed by atoms with Gasteiger partial charge in [-0.25, -0.2) is 17.6 Å². The van der Waals surface area contributed by atoms with Crippen LogP contribution in [0.3, 0.4) is 0 Å². The van der Waals surface area contributed by atoms with Crippen LogP contribution in [0.15, 0.2) is 315 Å². The molecule has 0 radical (unpaired) electrons. The lowest BCUT2D eigenvalue weighted by Gasteiger charge is -2.53. The fraction of sp³-hybridized carbons (Fsp3) is 0. The van der Waals surface area contributed by atoms with E-state index < -0.39 is 43.4 Å². The number of benzene rings is 15. The minimum absolute atomic E-state index is 0.284. The molecular weight excluding hydrogens is 1280 g/mol. The maximum absolute atomic E-state index is 18.3. The van der Waals surface area contributed by atoms with Gasteiger partial charge in [-0.2, -0.15) is 0 Å². The molecule has 0 N–H and O–H groups in total. The summed E-state index contributed by atoms with van der Waals surface area (Å²) in [6, 6.07) is 104. The molecule has 7 aliphatic rings. The van der Waals surface area contributed by atoms with Crippen LogP contribution in [-0.4, -0.2) is 20.1 Å². The van der Waals surface area contributed by atoms with Crippen molar-refractivity contribution in [1.29, 1.82) is 0 Å². The molecule has 0 unspecified atom stereocenters. The van der Waals surface area contributed by atoms with Gasteiger partial charge in [0.1, 0.15) is 23.3 Å². The van der Waals surface area contributed by atoms with Crippen LogP contribution in [0.4, 0.5) is 103 Å². The fourth-order valence-electron chi connectivity index (χ4n) is 18.1. The first-order valence-corrected chi connectivity index (χ1v) is 34.8. The fourth-order valence-corrected chi connectivity index (χ4v) is 18.1. The smallest absolute Gasteiger partial charge is 0.252 e. The Kier molecular flexibility index (Phi) is 12.2. The van der Waals surface area contributed by atoms with Crippen molar-refractivity contribution in [2.45, 2.75) is 0 Å². The second-order valence-electron chi connectivity index (χ2n) is 27.4. The summed E-state index contributed by atoms with van der Waals surface area (Å²) in [5.74, 6) is -0.360. The van der Waals surface area contributed by atoms with Gasteiger partial charge in [0.25, 0.3) is 20.1 Å². The van der Waals surface area contributed by atoms with Crippen LogP contribution in [0.2, 0.25) is 0 Å². The maximum Gasteiger partial charge on any atom is 0.252 e. The topological polar surface area (TPSA) is 25.4 Å². The van der Waals surface area contributed by atoms with Crippen molar-refractivity contribution in [2.24, 2.45) is 0 Å². The van der Waals surface area contributed by atoms with Gasteiger partial charge in [0, 0.05) is 62.3 Å². The van der Waals surface area contributed by atoms with E-state index in [-0.39, 0.29) is 5.69 Å². The predicted octanol–water partition coefficient (Wildman–Crippen LogP) is 17.8. The SMILES string of the molecule is Fc1ccccc1N1c2cc(-c3ccccc3)ccc2B2c3cc4c(cc3N(c3ccccc3F)c3cccc1c32)N(c1ccccc1F)c1cc2c3c5c1B4c1ccc(-c4ccccc4)c4c1N5c1c(ccc(-c5ccccc5)c1O4)B3c1ccc(-c3ccccc3)cc1N2c1ccccc1F. The second kappa shape index (κ2) is 21.8. The van der Waals surface area contributed by atoms with E-state index in [1.54, 1.807) is 30.3 Å². The minimum Gasteiger partial charge on any atom is -0.452 e. The predicted molar refractivity (Wildman–Crippen MR) is 415 cm³/mol. The monoisotopic (exact) mass is 1330 g/mol. The molecule has 0 saturated carbocycles. The zero-order chi connectivity index (χ0) is 68.0. The Morgan fingerprint density at radius 2 is 0.524 bits per heavy atom. The summed E-state index contributed by atoms with van der Waals surface area (Å²) in [6.07, 6.45) is 0. The van der Waals surface area contributed by atoms with Gasteiger partial charge >= 0.3 is 0 Å². The van der Waals surface area contributed by atoms with E-state index in [0.717, 1.165) is 133 Å². The highest BCUT2D eigenvalue weighted by atomic mass is 19.1. The van der Waals surface area contributed by atoms with E-state index in [0.29, 0.717) is 51.3 Å². The number of fused-ring (bicyclic) bond motifs is 10. The number of nitrogens with zero attached hydrogens (tertiary/aromatic N) is 5. The third kappa shape index (κ3) is 8.07. The Morgan fingerprint density at radius 1 is 0.204 bits per heavy atom. The first-order chi connectivity index (χ1) is 50.8. The Balaban J connectivity index is 0.900. The number of para-hydroxylation sites is 4. The average Bonchev–Trinajstić information content (AvgIpc) is 0.656. The molecule has 0 amide bonds. The molecule has 6 nitrogen and oxygen atoms in total. The molecule has 480 valence electrons. The Bertz CT molecular complexity index is 6190. The van der Waals surface area contributed by atoms with E-state index >= 15 is 17.6 Å². The summed E-state index contributed by atoms with van der Waals surface area (Å²) in [6.45, 7) is -1.58. The summed E-state index contributed by atoms with van der Waals surface area (Å²) < 4.78 is 78.7. The van der Waals surface area contributed by atoms with Crippen LogP contribution >= 0.6 is 0 Å². The molecule has 13 heteroatoms. The van der Waals surface area contributed by atoms with E-state index in [1.807, 2.05) is 113 Å². The van der Waals surface area contributed by atoms with Crippen LogP contribution in [0.5, 0.6) is 11.5 Å². The lowest BCUT2D eigenvalue weighted by atomic mass is 9.27. The first kappa shape index (κ1) is 57.9. The lowest BCUT2D eigenvalue weighted by Crippen LogP contribution is -2.69. The first-order valence-electron chi connectivity index (χ1n) is 34.8. The molecule has 15 aromatic rings. The molecule has 0 aliphatic carbocycles. The zero-order valence-corrected chi connectivity index (χ0v) is 54.9. The number of hydrogen-bond donors (Lipinski definition) is 0. The van der Waals surface area contributed by atoms with Gasteiger partial charge in [0.15, 0.2) is 11.5 Å². The standard InChI is InChI=1S/C90H52B3F4N5O/c94-67-30-13-17-34-71(67)98-75-38-21-39-76-83(75)92(62-45-41-57(48-77(62)98)53-22-5-1-6-23-53)65-50-66-80(51-79(65)99(76)72-35-18-14-31-68(72)95)101(74-37-20-16-33-70(74)97)82-52-81-84-88-85(82)93(66)64-47-43-60(56-28-11-4-12-29-56)90-87(64)102(88)86-63(46-42-59(89(86)103-90)55-26-9-3-10-27-55)91(84)61-44-40-58(54-24-7-2-8-25-54)49-78(61)100(81)73-36-19-15-32-69(73)96/h1-52H. The van der Waals surface area contributed by atoms with Crippen LogP contribution in [-0.2, 0) is 0 Å². The van der Waals surface area contributed by atoms with Crippen molar-refractivity contribution in [3.63, 3.8) is 0 Å². The summed E-state index contributed by atoms with van der Waals surface area (Å²) >= 11 is 0. The molecule has 22 rings (SSSR count). The molecule has 0 fully saturated rings. The van der Waals surface area contributed by atoms with Gasteiger partial charge in [-0.1, -0.05) is 231 Å². The zero-order valence-electron chi connectivity index (χ0n) is 54.9. The van der Waals surface area contributed by atoms with Crippen LogP contribution in [0.25, 0.3) is 44.5 Å². The van der Waals surface area contributed by atoms with Gasteiger partial charge < -0.3 is 29.2 Å². The molecule has 15 aromatic carbocycles. The Labute approximate surface area is 592 Å². The number of anilines is 15. The molecular formula is C90H52B3F4N5O. The van der Waals surface area contributed by atoms with Gasteiger partial charge in [-0.15, -0.1) is 0 Å². The normalized spacial score (nSPS) is 13.7. The van der Waals surface area contributed by atoms with Crippen molar-refractivity contribution >= 4 is 155 Å². The molecule has 103 heavy (non-hydrogen) atoms. The molecule has 0 saturated heterocycles. The second-order valence-corrected chi connectivity index (χ2v) is 27.4. The van der Waals surface area contributed by atoms with Crippen molar-refractivity contribution in [2.75, 3.05) is 24.5 Å². The number of rotatable bonds is 8. The van der Waals surface area contributed by atoms with E-state index in [4.69, 9.17) is 4.74 Å². The summed E-state index contributed by atoms with van der Waals surface area (Å²) in [5, 5.41) is 0. The van der Waals surface area contributed by atoms with Crippen molar-refractivity contribution in [3.8, 4) is 56.0 Å². The van der Waals surface area contributed by atoms with Gasteiger partial charge in [0.2, 0.25) is 0 Å². The molecule has 0 atom stereocenters. The van der Waals surface area contributed by atoms with E-state index in [9.17, 15) is 0 Å². The molecule has 0 aromatic heterocycles. The molecule has 0 spiro atoms. The third-order valence-corrected chi connectivity index (χ3v) is 22.2. The molecule has 7 aliphatic heterocycles. The number of hydrogen-bond acceptors (Lipinski definition) is 6. The lowest BCUT2D eigenvalue weighted by molar-refractivity contribution is 0.481. The van der Waals surface area contributed by atoms with E-state index in [2.05, 4.69) is 172 Å². The van der Waals surface area contributed by atoms with Crippen molar-refractivity contribution in [3.05, 3.63) is 339 Å². The summed E-state index contributed by atoms with van der Waals surface area (Å²) in [4.78, 5) is 10.7. The van der Waals surface area contributed by atoms with Gasteiger partial charge in [0.05, 0.1) is 34.1 Å². The summed E-state index contributed by atoms with van der Waals surface area (Å²) in [7, 11) is 0. The number of ether oxygens (including phenoxy) is 1. The van der Waals surface area contributed by atoms with Crippen molar-refractivity contribution < 1.29 is 22.3 Å². The van der Waals surface area contributed by atoms with E-state index in [1.165, 1.54) is 24.3 Å². The number of halogens is 4. The highest BCUT2D eigenvalue weighted by Crippen LogP contribution is 2.61. The van der Waals surface area contributed by atoms with Crippen LogP contribution in [0, 0.1) is 23.3 Å². The average molecular weight is 1330 g/mol. The van der Waals surface area contributed by atoms with Crippen LogP contribution in [0.1, 0.15) is 0 Å². The minimum atomic E-state index is -0.598. The quantitative estimate of drug-likeness (QED) is 0.111. The Morgan fingerprint density at radius 3 is 0.932 bits per heavy atom. The highest BCUT2D eigenvalue weighted by Gasteiger charge is 2.56. The van der Waals surface area contributed by atoms with Gasteiger partial charge in [-0.05, 0) is 167 Å². The summed E-state index contributed by atoms with van der Waals surface area (Å²) in [5.41, 5.74) is 25.7. The third-order valence-electron chi connectivity index (χ3n) is 22.2. The highest BCUT2D eigenvalue weighted by molar-refractivity contribution is 7.06. The molecule has 7 heterocycles. The van der Waals surface area contributed by atoms with Crippen molar-refractivity contribution in [1.82, 2.24) is 0 Å². The Hall–Kier alpha value is -13.0. The largest absolute Gasteiger partial charge is 0.452 e.